The van der Waals surface area contributed by atoms with Gasteiger partial charge in [-0.15, -0.1) is 0 Å². The summed E-state index contributed by atoms with van der Waals surface area (Å²) >= 11 is 0. The summed E-state index contributed by atoms with van der Waals surface area (Å²) in [5.74, 6) is 1.83. The van der Waals surface area contributed by atoms with E-state index in [-0.39, 0.29) is 6.10 Å². The van der Waals surface area contributed by atoms with Gasteiger partial charge in [0, 0.05) is 76.1 Å². The van der Waals surface area contributed by atoms with E-state index in [2.05, 4.69) is 53.4 Å². The molecule has 0 saturated carbocycles. The third kappa shape index (κ3) is 6.35. The molecule has 0 spiro atoms. The van der Waals surface area contributed by atoms with Crippen LogP contribution >= 0.6 is 0 Å². The molecule has 8 nitrogen and oxygen atoms in total. The minimum atomic E-state index is -0.756. The first-order chi connectivity index (χ1) is 19.3. The van der Waals surface area contributed by atoms with Gasteiger partial charge in [0.15, 0.2) is 0 Å². The van der Waals surface area contributed by atoms with E-state index in [1.165, 1.54) is 5.70 Å². The maximum absolute atomic E-state index is 11.6. The number of nitrogens with one attached hydrogen (secondary N) is 1. The summed E-state index contributed by atoms with van der Waals surface area (Å²) < 4.78 is 23.1. The van der Waals surface area contributed by atoms with Crippen LogP contribution in [0.5, 0.6) is 5.75 Å². The molecular weight excluding hydrogens is 522 g/mol. The Hall–Kier alpha value is -3.32. The Kier molecular flexibility index (Phi) is 8.79. The molecule has 3 aliphatic heterocycles. The molecule has 5 rings (SSSR count). The number of aromatic amines is 1. The molecule has 0 bridgehead atoms. The van der Waals surface area contributed by atoms with Crippen LogP contribution in [-0.4, -0.2) is 82.0 Å². The second kappa shape index (κ2) is 12.5. The number of hydrogen-bond acceptors (Lipinski definition) is 7. The summed E-state index contributed by atoms with van der Waals surface area (Å²) in [7, 11) is -0.756. The van der Waals surface area contributed by atoms with E-state index in [1.54, 1.807) is 12.1 Å². The van der Waals surface area contributed by atoms with Crippen LogP contribution in [0.25, 0.3) is 17.8 Å². The average molecular weight is 562 g/mol. The molecule has 4 heterocycles. The van der Waals surface area contributed by atoms with E-state index in [9.17, 15) is 9.47 Å². The minimum absolute atomic E-state index is 0.0184. The van der Waals surface area contributed by atoms with Crippen LogP contribution in [0.4, 0.5) is 0 Å². The molecule has 0 radical (unpaired) electrons. The van der Waals surface area contributed by atoms with Crippen LogP contribution in [-0.2, 0) is 15.5 Å². The fourth-order valence-electron chi connectivity index (χ4n) is 5.38. The van der Waals surface area contributed by atoms with Gasteiger partial charge in [0.1, 0.15) is 17.9 Å². The molecule has 0 unspecified atom stereocenters. The van der Waals surface area contributed by atoms with Gasteiger partial charge >= 0.3 is 0 Å². The zero-order valence-electron chi connectivity index (χ0n) is 23.4. The molecule has 212 valence electrons. The van der Waals surface area contributed by atoms with Gasteiger partial charge in [-0.05, 0) is 68.2 Å². The number of piperazine rings is 1. The highest BCUT2D eigenvalue weighted by atomic mass is 32.2. The molecule has 0 amide bonds. The fraction of sp³-hybridized carbons (Fsp3) is 0.452. The highest BCUT2D eigenvalue weighted by Gasteiger charge is 2.28. The Labute approximate surface area is 238 Å². The summed E-state index contributed by atoms with van der Waals surface area (Å²) in [6, 6.07) is 10.3. The standard InChI is InChI=1S/C31H39N5O3S/c1-21(4-5-22(2)35-10-12-36(13-11-35)26-19-38-20-26)29-17-28(23(3)34-29)31(33)24-6-7-30(25(16-24)18-32)39-27-8-14-40(37)15-9-27/h4-7,16-17,26-27,34H,3,8-15,19-20,33H2,1-2H3/b21-4+,22-5+,31-28-. The molecular formula is C31H39N5O3S. The Morgan fingerprint density at radius 1 is 1.18 bits per heavy atom. The van der Waals surface area contributed by atoms with Crippen molar-refractivity contribution < 1.29 is 13.7 Å². The van der Waals surface area contributed by atoms with E-state index in [4.69, 9.17) is 15.2 Å². The van der Waals surface area contributed by atoms with Gasteiger partial charge in [0.05, 0.1) is 24.8 Å². The Morgan fingerprint density at radius 2 is 1.90 bits per heavy atom. The second-order valence-corrected chi connectivity index (χ2v) is 12.5. The molecule has 40 heavy (non-hydrogen) atoms. The van der Waals surface area contributed by atoms with Gasteiger partial charge in [0.2, 0.25) is 0 Å². The summed E-state index contributed by atoms with van der Waals surface area (Å²) in [4.78, 5) is 8.34. The van der Waals surface area contributed by atoms with Crippen molar-refractivity contribution in [3.63, 3.8) is 0 Å². The number of allylic oxidation sites excluding steroid dienone is 4. The third-order valence-corrected chi connectivity index (χ3v) is 9.56. The second-order valence-electron chi connectivity index (χ2n) is 10.8. The van der Waals surface area contributed by atoms with Gasteiger partial charge in [-0.3, -0.25) is 9.11 Å². The molecule has 0 aliphatic carbocycles. The average Bonchev–Trinajstić information content (AvgIpc) is 3.33. The van der Waals surface area contributed by atoms with Crippen LogP contribution in [0.15, 0.2) is 42.1 Å². The van der Waals surface area contributed by atoms with E-state index in [0.29, 0.717) is 34.6 Å². The summed E-state index contributed by atoms with van der Waals surface area (Å²) in [5, 5.41) is 11.3. The van der Waals surface area contributed by atoms with Crippen molar-refractivity contribution in [2.45, 2.75) is 38.8 Å². The van der Waals surface area contributed by atoms with Crippen LogP contribution in [0, 0.1) is 11.3 Å². The smallest absolute Gasteiger partial charge is 0.137 e. The number of ether oxygens (including phenoxy) is 2. The molecule has 2 aromatic rings. The molecule has 3 saturated heterocycles. The molecule has 1 aromatic carbocycles. The molecule has 3 fully saturated rings. The monoisotopic (exact) mass is 561 g/mol. The van der Waals surface area contributed by atoms with Crippen molar-refractivity contribution >= 4 is 28.6 Å². The SMILES string of the molecule is C=c1[nH]c(/C(C)=C/C=C(\C)N2CCN(C3COC3)CC2)c/c1=C(/N)c1ccc(OC2CCS(=O)CC2)c(C#N)c1. The first kappa shape index (κ1) is 28.2. The predicted molar refractivity (Wildman–Crippen MR) is 160 cm³/mol. The number of benzene rings is 1. The summed E-state index contributed by atoms with van der Waals surface area (Å²) in [5.41, 5.74) is 11.6. The number of hydrogen-bond donors (Lipinski definition) is 2. The van der Waals surface area contributed by atoms with Gasteiger partial charge in [-0.25, -0.2) is 0 Å². The lowest BCUT2D eigenvalue weighted by Crippen LogP contribution is -2.56. The van der Waals surface area contributed by atoms with Gasteiger partial charge < -0.3 is 25.1 Å². The van der Waals surface area contributed by atoms with Crippen molar-refractivity contribution in [2.75, 3.05) is 50.9 Å². The van der Waals surface area contributed by atoms with E-state index in [0.717, 1.165) is 79.6 Å². The number of nitriles is 1. The maximum atomic E-state index is 11.6. The lowest BCUT2D eigenvalue weighted by Gasteiger charge is -2.43. The zero-order chi connectivity index (χ0) is 28.2. The van der Waals surface area contributed by atoms with E-state index < -0.39 is 10.8 Å². The molecule has 1 aromatic heterocycles. The lowest BCUT2D eigenvalue weighted by atomic mass is 10.1. The molecule has 0 atom stereocenters. The van der Waals surface area contributed by atoms with Gasteiger partial charge in [-0.1, -0.05) is 12.7 Å². The fourth-order valence-corrected chi connectivity index (χ4v) is 6.63. The number of rotatable bonds is 7. The zero-order valence-corrected chi connectivity index (χ0v) is 24.3. The number of nitrogens with zero attached hydrogens (tertiary/aromatic N) is 3. The first-order valence-corrected chi connectivity index (χ1v) is 15.5. The van der Waals surface area contributed by atoms with Crippen molar-refractivity contribution in [3.8, 4) is 11.8 Å². The van der Waals surface area contributed by atoms with Crippen LogP contribution in [0.1, 0.15) is 43.5 Å². The Bertz CT molecular complexity index is 1470. The van der Waals surface area contributed by atoms with Crippen molar-refractivity contribution in [1.29, 1.82) is 5.26 Å². The van der Waals surface area contributed by atoms with Crippen molar-refractivity contribution in [1.82, 2.24) is 14.8 Å². The first-order valence-electron chi connectivity index (χ1n) is 14.0. The lowest BCUT2D eigenvalue weighted by molar-refractivity contribution is -0.0747. The minimum Gasteiger partial charge on any atom is -0.489 e. The molecule has 9 heteroatoms. The van der Waals surface area contributed by atoms with Gasteiger partial charge in [-0.2, -0.15) is 5.26 Å². The summed E-state index contributed by atoms with van der Waals surface area (Å²) in [6.07, 6.45) is 5.76. The molecule has 3 N–H and O–H groups in total. The van der Waals surface area contributed by atoms with Crippen molar-refractivity contribution in [2.24, 2.45) is 5.73 Å². The topological polar surface area (TPSA) is 108 Å². The number of nitrogens with two attached hydrogens (primary N) is 1. The quantitative estimate of drug-likeness (QED) is 0.498. The largest absolute Gasteiger partial charge is 0.489 e. The number of H-pyrrole nitrogens is 1. The Balaban J connectivity index is 1.29. The highest BCUT2D eigenvalue weighted by Crippen LogP contribution is 2.25. The third-order valence-electron chi connectivity index (χ3n) is 8.18. The van der Waals surface area contributed by atoms with Crippen molar-refractivity contribution in [3.05, 3.63) is 69.5 Å². The normalized spacial score (nSPS) is 23.9. The van der Waals surface area contributed by atoms with E-state index >= 15 is 0 Å². The predicted octanol–water partition coefficient (Wildman–Crippen LogP) is 2.03. The highest BCUT2D eigenvalue weighted by molar-refractivity contribution is 7.85. The Morgan fingerprint density at radius 3 is 2.55 bits per heavy atom. The van der Waals surface area contributed by atoms with Gasteiger partial charge in [0.25, 0.3) is 0 Å². The van der Waals surface area contributed by atoms with Crippen LogP contribution < -0.4 is 21.0 Å². The van der Waals surface area contributed by atoms with Crippen LogP contribution in [0.2, 0.25) is 0 Å². The van der Waals surface area contributed by atoms with E-state index in [1.807, 2.05) is 12.1 Å². The molecule has 3 aliphatic rings. The van der Waals surface area contributed by atoms with Crippen LogP contribution in [0.3, 0.4) is 0 Å². The number of aromatic nitrogens is 1. The summed E-state index contributed by atoms with van der Waals surface area (Å²) in [6.45, 7) is 14.4. The maximum Gasteiger partial charge on any atom is 0.137 e.